The third-order valence-corrected chi connectivity index (χ3v) is 4.76. The van der Waals surface area contributed by atoms with Crippen molar-refractivity contribution in [2.24, 2.45) is 5.92 Å². The summed E-state index contributed by atoms with van der Waals surface area (Å²) in [7, 11) is 0. The minimum atomic E-state index is -0.465. The Morgan fingerprint density at radius 2 is 2.15 bits per heavy atom. The van der Waals surface area contributed by atoms with Crippen molar-refractivity contribution in [3.63, 3.8) is 0 Å². The number of esters is 1. The summed E-state index contributed by atoms with van der Waals surface area (Å²) in [5.41, 5.74) is 0.951. The molecule has 0 bridgehead atoms. The molecule has 2 aromatic rings. The molecule has 0 radical (unpaired) electrons. The highest BCUT2D eigenvalue weighted by Gasteiger charge is 2.50. The minimum absolute atomic E-state index is 0.177. The van der Waals surface area contributed by atoms with Crippen LogP contribution >= 0.6 is 0 Å². The Labute approximate surface area is 151 Å². The first-order valence-electron chi connectivity index (χ1n) is 8.86. The molecule has 2 aliphatic heterocycles. The van der Waals surface area contributed by atoms with Gasteiger partial charge in [0.25, 0.3) is 0 Å². The van der Waals surface area contributed by atoms with E-state index >= 15 is 0 Å². The van der Waals surface area contributed by atoms with Crippen LogP contribution in [0.15, 0.2) is 49.1 Å². The van der Waals surface area contributed by atoms with Crippen LogP contribution in [-0.2, 0) is 23.7 Å². The molecule has 4 rings (SSSR count). The van der Waals surface area contributed by atoms with Gasteiger partial charge in [-0.25, -0.2) is 4.98 Å². The van der Waals surface area contributed by atoms with Crippen LogP contribution < -0.4 is 0 Å². The zero-order valence-electron chi connectivity index (χ0n) is 14.6. The van der Waals surface area contributed by atoms with E-state index in [2.05, 4.69) is 4.98 Å². The standard InChI is InChI=1S/C19H22N2O5/c1-2-23-16(22)10-14-17-15(25-18(14)21-9-8-20-12-21)11-24-19(26-17)13-6-4-3-5-7-13/h3-9,12,14-15,17-19H,2,10-11H2,1H3/t14-,15+,17-,18+,19+/m0/s1. The molecule has 2 aliphatic rings. The summed E-state index contributed by atoms with van der Waals surface area (Å²) in [6.45, 7) is 2.57. The van der Waals surface area contributed by atoms with E-state index < -0.39 is 6.29 Å². The lowest BCUT2D eigenvalue weighted by molar-refractivity contribution is -0.249. The number of carbonyl (C=O) groups is 1. The van der Waals surface area contributed by atoms with Gasteiger partial charge in [-0.3, -0.25) is 4.79 Å². The van der Waals surface area contributed by atoms with Gasteiger partial charge in [0.05, 0.1) is 32.1 Å². The monoisotopic (exact) mass is 358 g/mol. The van der Waals surface area contributed by atoms with Gasteiger partial charge in [-0.15, -0.1) is 0 Å². The molecule has 0 aliphatic carbocycles. The SMILES string of the molecule is CCOC(=O)C[C@H]1[C@@H]2O[C@H](c3ccccc3)OC[C@H]2O[C@H]1n1ccnc1. The van der Waals surface area contributed by atoms with Crippen molar-refractivity contribution < 1.29 is 23.7 Å². The summed E-state index contributed by atoms with van der Waals surface area (Å²) in [5.74, 6) is -0.429. The first kappa shape index (κ1) is 17.2. The van der Waals surface area contributed by atoms with Crippen molar-refractivity contribution in [3.8, 4) is 0 Å². The van der Waals surface area contributed by atoms with Crippen LogP contribution in [0.3, 0.4) is 0 Å². The van der Waals surface area contributed by atoms with Gasteiger partial charge in [0.1, 0.15) is 12.3 Å². The number of carbonyl (C=O) groups excluding carboxylic acids is 1. The molecule has 3 heterocycles. The van der Waals surface area contributed by atoms with Crippen LogP contribution in [0.1, 0.15) is 31.4 Å². The number of benzene rings is 1. The molecule has 0 amide bonds. The molecule has 1 aromatic heterocycles. The second-order valence-electron chi connectivity index (χ2n) is 6.42. The highest BCUT2D eigenvalue weighted by Crippen LogP contribution is 2.44. The third-order valence-electron chi connectivity index (χ3n) is 4.76. The summed E-state index contributed by atoms with van der Waals surface area (Å²) in [6, 6.07) is 9.78. The Bertz CT molecular complexity index is 721. The van der Waals surface area contributed by atoms with Crippen molar-refractivity contribution in [2.75, 3.05) is 13.2 Å². The lowest BCUT2D eigenvalue weighted by atomic mass is 9.95. The predicted molar refractivity (Wildman–Crippen MR) is 90.9 cm³/mol. The Balaban J connectivity index is 1.56. The fourth-order valence-corrected chi connectivity index (χ4v) is 3.61. The van der Waals surface area contributed by atoms with E-state index in [1.807, 2.05) is 41.1 Å². The van der Waals surface area contributed by atoms with Gasteiger partial charge in [0, 0.05) is 23.9 Å². The Morgan fingerprint density at radius 3 is 2.88 bits per heavy atom. The number of hydrogen-bond donors (Lipinski definition) is 0. The minimum Gasteiger partial charge on any atom is -0.466 e. The van der Waals surface area contributed by atoms with E-state index in [4.69, 9.17) is 18.9 Å². The van der Waals surface area contributed by atoms with Gasteiger partial charge < -0.3 is 23.5 Å². The van der Waals surface area contributed by atoms with E-state index in [0.717, 1.165) is 5.56 Å². The zero-order valence-corrected chi connectivity index (χ0v) is 14.6. The maximum atomic E-state index is 12.2. The summed E-state index contributed by atoms with van der Waals surface area (Å²) in [6.07, 6.45) is 4.14. The Morgan fingerprint density at radius 1 is 1.31 bits per heavy atom. The Hall–Kier alpha value is -2.22. The first-order valence-corrected chi connectivity index (χ1v) is 8.86. The lowest BCUT2D eigenvalue weighted by Gasteiger charge is -2.33. The number of nitrogens with zero attached hydrogens (tertiary/aromatic N) is 2. The number of aromatic nitrogens is 2. The van der Waals surface area contributed by atoms with Crippen LogP contribution in [-0.4, -0.2) is 40.9 Å². The number of fused-ring (bicyclic) bond motifs is 1. The second-order valence-corrected chi connectivity index (χ2v) is 6.42. The summed E-state index contributed by atoms with van der Waals surface area (Å²) < 4.78 is 25.3. The fourth-order valence-electron chi connectivity index (χ4n) is 3.61. The molecule has 26 heavy (non-hydrogen) atoms. The molecule has 0 unspecified atom stereocenters. The summed E-state index contributed by atoms with van der Waals surface area (Å²) >= 11 is 0. The molecule has 7 heteroatoms. The quantitative estimate of drug-likeness (QED) is 0.765. The molecular formula is C19H22N2O5. The Kier molecular flexibility index (Phi) is 5.01. The second kappa shape index (κ2) is 7.57. The fraction of sp³-hybridized carbons (Fsp3) is 0.474. The molecule has 2 saturated heterocycles. The van der Waals surface area contributed by atoms with Gasteiger partial charge >= 0.3 is 5.97 Å². The third kappa shape index (κ3) is 3.38. The van der Waals surface area contributed by atoms with Gasteiger partial charge in [-0.1, -0.05) is 30.3 Å². The van der Waals surface area contributed by atoms with E-state index in [-0.39, 0.29) is 36.7 Å². The molecule has 2 fully saturated rings. The van der Waals surface area contributed by atoms with E-state index in [1.54, 1.807) is 19.4 Å². The van der Waals surface area contributed by atoms with Crippen LogP contribution in [0, 0.1) is 5.92 Å². The van der Waals surface area contributed by atoms with E-state index in [0.29, 0.717) is 13.2 Å². The summed E-state index contributed by atoms with van der Waals surface area (Å²) in [4.78, 5) is 16.2. The molecular weight excluding hydrogens is 336 g/mol. The number of rotatable bonds is 5. The molecule has 7 nitrogen and oxygen atoms in total. The first-order chi connectivity index (χ1) is 12.8. The molecule has 0 spiro atoms. The molecule has 1 aromatic carbocycles. The smallest absolute Gasteiger partial charge is 0.306 e. The average Bonchev–Trinajstić information content (AvgIpc) is 3.30. The maximum Gasteiger partial charge on any atom is 0.306 e. The number of hydrogen-bond acceptors (Lipinski definition) is 6. The highest BCUT2D eigenvalue weighted by molar-refractivity contribution is 5.69. The van der Waals surface area contributed by atoms with Crippen molar-refractivity contribution in [3.05, 3.63) is 54.6 Å². The topological polar surface area (TPSA) is 71.8 Å². The van der Waals surface area contributed by atoms with Crippen LogP contribution in [0.25, 0.3) is 0 Å². The van der Waals surface area contributed by atoms with Crippen LogP contribution in [0.2, 0.25) is 0 Å². The predicted octanol–water partition coefficient (Wildman–Crippen LogP) is 2.46. The summed E-state index contributed by atoms with van der Waals surface area (Å²) in [5, 5.41) is 0. The van der Waals surface area contributed by atoms with Gasteiger partial charge in [-0.2, -0.15) is 0 Å². The van der Waals surface area contributed by atoms with Crippen molar-refractivity contribution in [1.82, 2.24) is 9.55 Å². The zero-order chi connectivity index (χ0) is 17.9. The van der Waals surface area contributed by atoms with Gasteiger partial charge in [0.2, 0.25) is 0 Å². The molecule has 5 atom stereocenters. The van der Waals surface area contributed by atoms with Gasteiger partial charge in [-0.05, 0) is 6.92 Å². The normalized spacial score (nSPS) is 30.7. The van der Waals surface area contributed by atoms with Crippen LogP contribution in [0.5, 0.6) is 0 Å². The molecule has 0 N–H and O–H groups in total. The van der Waals surface area contributed by atoms with E-state index in [9.17, 15) is 4.79 Å². The number of imidazole rings is 1. The maximum absolute atomic E-state index is 12.2. The van der Waals surface area contributed by atoms with Crippen LogP contribution in [0.4, 0.5) is 0 Å². The highest BCUT2D eigenvalue weighted by atomic mass is 16.7. The van der Waals surface area contributed by atoms with Crippen molar-refractivity contribution >= 4 is 5.97 Å². The van der Waals surface area contributed by atoms with Crippen molar-refractivity contribution in [2.45, 2.75) is 38.1 Å². The molecule has 138 valence electrons. The molecule has 0 saturated carbocycles. The average molecular weight is 358 g/mol. The van der Waals surface area contributed by atoms with E-state index in [1.165, 1.54) is 0 Å². The number of ether oxygens (including phenoxy) is 4. The van der Waals surface area contributed by atoms with Gasteiger partial charge in [0.15, 0.2) is 6.29 Å². The largest absolute Gasteiger partial charge is 0.466 e. The lowest BCUT2D eigenvalue weighted by Crippen LogP contribution is -2.41. The van der Waals surface area contributed by atoms with Crippen molar-refractivity contribution in [1.29, 1.82) is 0 Å².